The number of rotatable bonds is 5. The molecule has 3 rings (SSSR count). The Morgan fingerprint density at radius 3 is 2.79 bits per heavy atom. The van der Waals surface area contributed by atoms with Crippen LogP contribution < -0.4 is 10.5 Å². The van der Waals surface area contributed by atoms with Gasteiger partial charge in [0.15, 0.2) is 0 Å². The molecule has 2 aliphatic heterocycles. The first-order valence-corrected chi connectivity index (χ1v) is 8.47. The molecule has 0 bridgehead atoms. The number of benzene rings is 1. The average molecular weight is 346 g/mol. The molecule has 2 atom stereocenters. The number of carbonyl (C=O) groups is 2. The van der Waals surface area contributed by atoms with Crippen LogP contribution in [0.2, 0.25) is 0 Å². The quantitative estimate of drug-likeness (QED) is 0.641. The van der Waals surface area contributed by atoms with Crippen LogP contribution in [0.15, 0.2) is 48.2 Å². The van der Waals surface area contributed by atoms with Gasteiger partial charge >= 0.3 is 5.97 Å². The zero-order chi connectivity index (χ0) is 17.3. The first-order chi connectivity index (χ1) is 11.6. The first-order valence-electron chi connectivity index (χ1n) is 7.42. The molecule has 0 radical (unpaired) electrons. The van der Waals surface area contributed by atoms with Gasteiger partial charge in [-0.2, -0.15) is 0 Å². The molecule has 0 unspecified atom stereocenters. The number of hydrogen-bond acceptors (Lipinski definition) is 6. The SMILES string of the molecule is C=CC1=C(C(=O)OCc2ccc(OC)cc2)N2C(=O)[C@@H](N)[C@H]2SC1. The maximum atomic E-state index is 12.5. The van der Waals surface area contributed by atoms with Gasteiger partial charge in [-0.25, -0.2) is 4.79 Å². The number of methoxy groups -OCH3 is 1. The topological polar surface area (TPSA) is 81.9 Å². The lowest BCUT2D eigenvalue weighted by Crippen LogP contribution is -2.68. The van der Waals surface area contributed by atoms with Gasteiger partial charge in [0.05, 0.1) is 7.11 Å². The highest BCUT2D eigenvalue weighted by Crippen LogP contribution is 2.40. The van der Waals surface area contributed by atoms with Crippen molar-refractivity contribution in [3.05, 3.63) is 53.8 Å². The summed E-state index contributed by atoms with van der Waals surface area (Å²) in [5, 5.41) is -0.204. The molecule has 1 saturated heterocycles. The van der Waals surface area contributed by atoms with Crippen LogP contribution in [-0.2, 0) is 20.9 Å². The highest BCUT2D eigenvalue weighted by molar-refractivity contribution is 8.00. The number of nitrogens with two attached hydrogens (primary N) is 1. The lowest BCUT2D eigenvalue weighted by Gasteiger charge is -2.48. The minimum Gasteiger partial charge on any atom is -0.497 e. The van der Waals surface area contributed by atoms with Gasteiger partial charge in [-0.1, -0.05) is 24.8 Å². The molecule has 1 fully saturated rings. The number of esters is 1. The predicted octanol–water partition coefficient (Wildman–Crippen LogP) is 1.42. The molecule has 7 heteroatoms. The fourth-order valence-corrected chi connectivity index (χ4v) is 3.91. The van der Waals surface area contributed by atoms with Crippen molar-refractivity contribution in [3.8, 4) is 5.75 Å². The van der Waals surface area contributed by atoms with Crippen molar-refractivity contribution in [1.82, 2.24) is 4.90 Å². The molecule has 6 nitrogen and oxygen atoms in total. The summed E-state index contributed by atoms with van der Waals surface area (Å²) < 4.78 is 10.5. The largest absolute Gasteiger partial charge is 0.497 e. The van der Waals surface area contributed by atoms with Gasteiger partial charge in [0.2, 0.25) is 5.91 Å². The van der Waals surface area contributed by atoms with E-state index in [1.807, 2.05) is 12.1 Å². The molecule has 0 saturated carbocycles. The van der Waals surface area contributed by atoms with Crippen molar-refractivity contribution in [2.75, 3.05) is 12.9 Å². The lowest BCUT2D eigenvalue weighted by atomic mass is 10.0. The van der Waals surface area contributed by atoms with Gasteiger partial charge in [0.1, 0.15) is 29.5 Å². The molecule has 2 N–H and O–H groups in total. The molecule has 126 valence electrons. The first kappa shape index (κ1) is 16.6. The number of thioether (sulfide) groups is 1. The van der Waals surface area contributed by atoms with Crippen molar-refractivity contribution in [3.63, 3.8) is 0 Å². The number of ether oxygens (including phenoxy) is 2. The highest BCUT2D eigenvalue weighted by Gasteiger charge is 2.51. The Hall–Kier alpha value is -2.25. The minimum absolute atomic E-state index is 0.114. The normalized spacial score (nSPS) is 22.6. The van der Waals surface area contributed by atoms with E-state index in [9.17, 15) is 9.59 Å². The van der Waals surface area contributed by atoms with Crippen LogP contribution in [0.1, 0.15) is 5.56 Å². The van der Waals surface area contributed by atoms with E-state index in [1.54, 1.807) is 25.3 Å². The van der Waals surface area contributed by atoms with Gasteiger partial charge in [-0.05, 0) is 23.3 Å². The summed E-state index contributed by atoms with van der Waals surface area (Å²) >= 11 is 1.53. The van der Waals surface area contributed by atoms with Crippen LogP contribution in [0.25, 0.3) is 0 Å². The third-order valence-corrected chi connectivity index (χ3v) is 5.33. The van der Waals surface area contributed by atoms with E-state index in [0.717, 1.165) is 11.3 Å². The van der Waals surface area contributed by atoms with Crippen LogP contribution in [0.5, 0.6) is 5.75 Å². The highest BCUT2D eigenvalue weighted by atomic mass is 32.2. The third-order valence-electron chi connectivity index (χ3n) is 4.01. The summed E-state index contributed by atoms with van der Waals surface area (Å²) in [5.41, 5.74) is 7.57. The molecule has 0 spiro atoms. The van der Waals surface area contributed by atoms with Gasteiger partial charge in [-0.15, -0.1) is 11.8 Å². The van der Waals surface area contributed by atoms with Crippen molar-refractivity contribution in [2.24, 2.45) is 5.73 Å². The van der Waals surface area contributed by atoms with Gasteiger partial charge in [0, 0.05) is 5.75 Å². The Kier molecular flexibility index (Phi) is 4.64. The number of nitrogens with zero attached hydrogens (tertiary/aromatic N) is 1. The van der Waals surface area contributed by atoms with E-state index < -0.39 is 12.0 Å². The Balaban J connectivity index is 1.73. The maximum absolute atomic E-state index is 12.5. The maximum Gasteiger partial charge on any atom is 0.355 e. The number of hydrogen-bond donors (Lipinski definition) is 1. The summed E-state index contributed by atoms with van der Waals surface area (Å²) in [7, 11) is 1.59. The number of allylic oxidation sites excluding steroid dienone is 1. The van der Waals surface area contributed by atoms with E-state index >= 15 is 0 Å². The molecule has 1 aromatic rings. The molecular weight excluding hydrogens is 328 g/mol. The second-order valence-corrected chi connectivity index (χ2v) is 6.54. The van der Waals surface area contributed by atoms with E-state index in [4.69, 9.17) is 15.2 Å². The molecule has 0 aromatic heterocycles. The van der Waals surface area contributed by atoms with Gasteiger partial charge in [0.25, 0.3) is 0 Å². The molecule has 0 aliphatic carbocycles. The standard InChI is InChI=1S/C17H18N2O4S/c1-3-11-9-24-16-13(18)15(20)19(16)14(11)17(21)23-8-10-4-6-12(22-2)7-5-10/h3-7,13,16H,1,8-9,18H2,2H3/t13-,16-/m1/s1. The number of carbonyl (C=O) groups excluding carboxylic acids is 2. The van der Waals surface area contributed by atoms with E-state index in [0.29, 0.717) is 11.3 Å². The molecule has 2 heterocycles. The zero-order valence-electron chi connectivity index (χ0n) is 13.2. The number of fused-ring (bicyclic) bond motifs is 1. The average Bonchev–Trinajstić information content (AvgIpc) is 2.64. The lowest BCUT2D eigenvalue weighted by molar-refractivity contribution is -0.151. The molecule has 1 amide bonds. The van der Waals surface area contributed by atoms with Crippen molar-refractivity contribution >= 4 is 23.6 Å². The second-order valence-electron chi connectivity index (χ2n) is 5.44. The zero-order valence-corrected chi connectivity index (χ0v) is 14.0. The van der Waals surface area contributed by atoms with Crippen molar-refractivity contribution in [1.29, 1.82) is 0 Å². The summed E-state index contributed by atoms with van der Waals surface area (Å²) in [6.07, 6.45) is 1.59. The van der Waals surface area contributed by atoms with Crippen molar-refractivity contribution in [2.45, 2.75) is 18.0 Å². The molecular formula is C17H18N2O4S. The summed E-state index contributed by atoms with van der Waals surface area (Å²) in [4.78, 5) is 25.9. The predicted molar refractivity (Wildman–Crippen MR) is 91.1 cm³/mol. The minimum atomic E-state index is -0.564. The fourth-order valence-electron chi connectivity index (χ4n) is 2.62. The van der Waals surface area contributed by atoms with Crippen LogP contribution in [0.3, 0.4) is 0 Å². The van der Waals surface area contributed by atoms with E-state index in [2.05, 4.69) is 6.58 Å². The number of β-lactam (4-membered cyclic amide) rings is 1. The Morgan fingerprint density at radius 2 is 2.17 bits per heavy atom. The summed E-state index contributed by atoms with van der Waals surface area (Å²) in [6.45, 7) is 3.83. The van der Waals surface area contributed by atoms with Gasteiger partial charge in [-0.3, -0.25) is 9.69 Å². The Morgan fingerprint density at radius 1 is 1.46 bits per heavy atom. The fraction of sp³-hybridized carbons (Fsp3) is 0.294. The molecule has 24 heavy (non-hydrogen) atoms. The molecule has 2 aliphatic rings. The van der Waals surface area contributed by atoms with Crippen LogP contribution in [-0.4, -0.2) is 41.1 Å². The van der Waals surface area contributed by atoms with Crippen molar-refractivity contribution < 1.29 is 19.1 Å². The van der Waals surface area contributed by atoms with Crippen LogP contribution in [0, 0.1) is 0 Å². The monoisotopic (exact) mass is 346 g/mol. The molecule has 1 aromatic carbocycles. The van der Waals surface area contributed by atoms with E-state index in [-0.39, 0.29) is 23.6 Å². The summed E-state index contributed by atoms with van der Waals surface area (Å²) in [6, 6.07) is 6.66. The Bertz CT molecular complexity index is 714. The third kappa shape index (κ3) is 2.81. The van der Waals surface area contributed by atoms with Crippen LogP contribution in [0.4, 0.5) is 0 Å². The second kappa shape index (κ2) is 6.70. The van der Waals surface area contributed by atoms with Crippen LogP contribution >= 0.6 is 11.8 Å². The smallest absolute Gasteiger partial charge is 0.355 e. The van der Waals surface area contributed by atoms with E-state index in [1.165, 1.54) is 16.7 Å². The van der Waals surface area contributed by atoms with Gasteiger partial charge < -0.3 is 15.2 Å². The number of amides is 1. The summed E-state index contributed by atoms with van der Waals surface area (Å²) in [5.74, 6) is 0.516. The Labute approximate surface area is 144 Å².